The third-order valence-corrected chi connectivity index (χ3v) is 6.02. The fourth-order valence-electron chi connectivity index (χ4n) is 4.16. The number of halogens is 1. The maximum Gasteiger partial charge on any atom is 0.247 e. The summed E-state index contributed by atoms with van der Waals surface area (Å²) in [6.07, 6.45) is 3.89. The second-order valence-electron chi connectivity index (χ2n) is 8.80. The molecule has 2 heterocycles. The van der Waals surface area contributed by atoms with Crippen LogP contribution >= 0.6 is 0 Å². The summed E-state index contributed by atoms with van der Waals surface area (Å²) in [7, 11) is 1.64. The van der Waals surface area contributed by atoms with Gasteiger partial charge in [-0.3, -0.25) is 4.79 Å². The number of rotatable bonds is 11. The standard InChI is InChI=1S/C27H31FN6O2/c1-4-25(35)30-21-6-5-7-22(14-21)31-26-18(2)15-29-27(33-26)32-23-9-8-19(13-24(23)36-3)12-20-16-34(17-20)11-10-28/h4-9,13-15,20H,1,10-12,16-17H2,2-3H3,(H,30,35)(H2,29,31,32,33). The van der Waals surface area contributed by atoms with Crippen molar-refractivity contribution in [3.63, 3.8) is 0 Å². The molecule has 1 saturated heterocycles. The van der Waals surface area contributed by atoms with Crippen LogP contribution in [0.25, 0.3) is 0 Å². The Morgan fingerprint density at radius 1 is 1.22 bits per heavy atom. The summed E-state index contributed by atoms with van der Waals surface area (Å²) >= 11 is 0. The SMILES string of the molecule is C=CC(=O)Nc1cccc(Nc2nc(Nc3ccc(CC4CN(CCF)C4)cc3OC)ncc2C)c1. The van der Waals surface area contributed by atoms with Crippen LogP contribution in [0.4, 0.5) is 33.2 Å². The maximum atomic E-state index is 12.5. The molecule has 1 aliphatic heterocycles. The fourth-order valence-corrected chi connectivity index (χ4v) is 4.16. The third kappa shape index (κ3) is 6.37. The summed E-state index contributed by atoms with van der Waals surface area (Å²) in [5, 5.41) is 9.28. The van der Waals surface area contributed by atoms with Gasteiger partial charge in [0.05, 0.1) is 12.8 Å². The van der Waals surface area contributed by atoms with Crippen LogP contribution in [0.3, 0.4) is 0 Å². The number of amides is 1. The van der Waals surface area contributed by atoms with Gasteiger partial charge in [-0.15, -0.1) is 0 Å². The molecule has 1 aromatic heterocycles. The van der Waals surface area contributed by atoms with Gasteiger partial charge in [0.15, 0.2) is 0 Å². The lowest BCUT2D eigenvalue weighted by Crippen LogP contribution is -2.48. The summed E-state index contributed by atoms with van der Waals surface area (Å²) in [4.78, 5) is 22.8. The molecule has 0 atom stereocenters. The molecule has 3 aromatic rings. The molecule has 36 heavy (non-hydrogen) atoms. The van der Waals surface area contributed by atoms with Crippen molar-refractivity contribution in [1.29, 1.82) is 0 Å². The molecule has 0 bridgehead atoms. The summed E-state index contributed by atoms with van der Waals surface area (Å²) < 4.78 is 18.1. The van der Waals surface area contributed by atoms with Crippen molar-refractivity contribution in [3.05, 3.63) is 72.4 Å². The number of nitrogens with one attached hydrogen (secondary N) is 3. The van der Waals surface area contributed by atoms with E-state index in [4.69, 9.17) is 4.74 Å². The predicted octanol–water partition coefficient (Wildman–Crippen LogP) is 4.85. The molecular formula is C27H31FN6O2. The zero-order chi connectivity index (χ0) is 25.5. The lowest BCUT2D eigenvalue weighted by atomic mass is 9.92. The molecule has 2 aromatic carbocycles. The number of alkyl halides is 1. The Morgan fingerprint density at radius 3 is 2.78 bits per heavy atom. The van der Waals surface area contributed by atoms with E-state index in [9.17, 15) is 9.18 Å². The largest absolute Gasteiger partial charge is 0.495 e. The van der Waals surface area contributed by atoms with Gasteiger partial charge < -0.3 is 25.6 Å². The second kappa shape index (κ2) is 11.6. The van der Waals surface area contributed by atoms with Crippen molar-refractivity contribution in [2.75, 3.05) is 49.4 Å². The molecule has 0 unspecified atom stereocenters. The van der Waals surface area contributed by atoms with Crippen molar-refractivity contribution in [2.45, 2.75) is 13.3 Å². The fraction of sp³-hybridized carbons (Fsp3) is 0.296. The number of nitrogens with zero attached hydrogens (tertiary/aromatic N) is 3. The molecule has 0 saturated carbocycles. The average molecular weight is 491 g/mol. The van der Waals surface area contributed by atoms with Gasteiger partial charge in [-0.1, -0.05) is 18.7 Å². The molecule has 188 valence electrons. The first-order valence-electron chi connectivity index (χ1n) is 11.8. The zero-order valence-electron chi connectivity index (χ0n) is 20.6. The van der Waals surface area contributed by atoms with Crippen LogP contribution in [0.5, 0.6) is 5.75 Å². The summed E-state index contributed by atoms with van der Waals surface area (Å²) in [6, 6.07) is 13.4. The molecule has 9 heteroatoms. The smallest absolute Gasteiger partial charge is 0.247 e. The number of carbonyl (C=O) groups excluding carboxylic acids is 1. The van der Waals surface area contributed by atoms with E-state index in [2.05, 4.69) is 43.5 Å². The third-order valence-electron chi connectivity index (χ3n) is 6.02. The number of anilines is 5. The quantitative estimate of drug-likeness (QED) is 0.331. The van der Waals surface area contributed by atoms with Gasteiger partial charge >= 0.3 is 0 Å². The minimum atomic E-state index is -0.292. The van der Waals surface area contributed by atoms with E-state index < -0.39 is 0 Å². The van der Waals surface area contributed by atoms with Gasteiger partial charge in [-0.05, 0) is 61.2 Å². The Kier molecular flexibility index (Phi) is 8.12. The van der Waals surface area contributed by atoms with Crippen LogP contribution in [0.1, 0.15) is 11.1 Å². The topological polar surface area (TPSA) is 91.4 Å². The van der Waals surface area contributed by atoms with Crippen LogP contribution in [0.2, 0.25) is 0 Å². The van der Waals surface area contributed by atoms with Crippen LogP contribution < -0.4 is 20.7 Å². The van der Waals surface area contributed by atoms with E-state index in [-0.39, 0.29) is 12.6 Å². The predicted molar refractivity (Wildman–Crippen MR) is 141 cm³/mol. The van der Waals surface area contributed by atoms with Crippen LogP contribution in [0.15, 0.2) is 61.3 Å². The van der Waals surface area contributed by atoms with Crippen molar-refractivity contribution >= 4 is 34.7 Å². The minimum Gasteiger partial charge on any atom is -0.495 e. The monoisotopic (exact) mass is 490 g/mol. The van der Waals surface area contributed by atoms with Gasteiger partial charge in [0.2, 0.25) is 11.9 Å². The van der Waals surface area contributed by atoms with E-state index in [0.717, 1.165) is 36.4 Å². The van der Waals surface area contributed by atoms with Gasteiger partial charge in [-0.25, -0.2) is 9.37 Å². The van der Waals surface area contributed by atoms with E-state index in [1.165, 1.54) is 11.6 Å². The Morgan fingerprint density at radius 2 is 2.03 bits per heavy atom. The second-order valence-corrected chi connectivity index (χ2v) is 8.80. The van der Waals surface area contributed by atoms with Crippen molar-refractivity contribution < 1.29 is 13.9 Å². The van der Waals surface area contributed by atoms with E-state index >= 15 is 0 Å². The number of hydrogen-bond acceptors (Lipinski definition) is 7. The Bertz CT molecular complexity index is 1230. The maximum absolute atomic E-state index is 12.5. The van der Waals surface area contributed by atoms with Gasteiger partial charge in [0, 0.05) is 42.8 Å². The molecule has 0 aliphatic carbocycles. The highest BCUT2D eigenvalue weighted by molar-refractivity contribution is 5.99. The molecule has 1 aliphatic rings. The number of benzene rings is 2. The molecule has 1 fully saturated rings. The average Bonchev–Trinajstić information content (AvgIpc) is 2.85. The summed E-state index contributed by atoms with van der Waals surface area (Å²) in [6.45, 7) is 7.49. The number of aryl methyl sites for hydroxylation is 1. The van der Waals surface area contributed by atoms with Crippen molar-refractivity contribution in [3.8, 4) is 5.75 Å². The van der Waals surface area contributed by atoms with Gasteiger partial charge in [0.1, 0.15) is 18.2 Å². The number of carbonyl (C=O) groups is 1. The van der Waals surface area contributed by atoms with E-state index in [1.54, 1.807) is 19.4 Å². The molecule has 8 nitrogen and oxygen atoms in total. The van der Waals surface area contributed by atoms with Crippen LogP contribution in [-0.4, -0.2) is 54.2 Å². The highest BCUT2D eigenvalue weighted by Crippen LogP contribution is 2.31. The highest BCUT2D eigenvalue weighted by Gasteiger charge is 2.26. The Hall–Kier alpha value is -3.98. The molecule has 1 amide bonds. The Balaban J connectivity index is 1.44. The minimum absolute atomic E-state index is 0.275. The van der Waals surface area contributed by atoms with E-state index in [1.807, 2.05) is 37.3 Å². The molecular weight excluding hydrogens is 459 g/mol. The molecule has 4 rings (SSSR count). The number of ether oxygens (including phenoxy) is 1. The first-order chi connectivity index (χ1) is 17.5. The van der Waals surface area contributed by atoms with E-state index in [0.29, 0.717) is 35.7 Å². The normalized spacial score (nSPS) is 13.5. The molecule has 3 N–H and O–H groups in total. The van der Waals surface area contributed by atoms with Gasteiger partial charge in [-0.2, -0.15) is 4.98 Å². The van der Waals surface area contributed by atoms with Crippen molar-refractivity contribution in [1.82, 2.24) is 14.9 Å². The first-order valence-corrected chi connectivity index (χ1v) is 11.8. The number of methoxy groups -OCH3 is 1. The Labute approximate surface area is 210 Å². The number of aromatic nitrogens is 2. The molecule has 0 radical (unpaired) electrons. The zero-order valence-corrected chi connectivity index (χ0v) is 20.6. The summed E-state index contributed by atoms with van der Waals surface area (Å²) in [5.74, 6) is 2.03. The van der Waals surface area contributed by atoms with Crippen molar-refractivity contribution in [2.24, 2.45) is 5.92 Å². The van der Waals surface area contributed by atoms with Crippen LogP contribution in [-0.2, 0) is 11.2 Å². The van der Waals surface area contributed by atoms with Crippen LogP contribution in [0, 0.1) is 12.8 Å². The lowest BCUT2D eigenvalue weighted by Gasteiger charge is -2.38. The van der Waals surface area contributed by atoms with Gasteiger partial charge in [0.25, 0.3) is 0 Å². The summed E-state index contributed by atoms with van der Waals surface area (Å²) in [5.41, 5.74) is 4.23. The first kappa shape index (κ1) is 25.1. The lowest BCUT2D eigenvalue weighted by molar-refractivity contribution is -0.111. The number of likely N-dealkylation sites (tertiary alicyclic amines) is 1. The highest BCUT2D eigenvalue weighted by atomic mass is 19.1. The molecule has 0 spiro atoms. The number of hydrogen-bond donors (Lipinski definition) is 3.